The summed E-state index contributed by atoms with van der Waals surface area (Å²) in [6.45, 7) is 2.71. The van der Waals surface area contributed by atoms with E-state index < -0.39 is 0 Å². The van der Waals surface area contributed by atoms with E-state index in [9.17, 15) is 4.79 Å². The Kier molecular flexibility index (Phi) is 6.27. The van der Waals surface area contributed by atoms with Crippen molar-refractivity contribution in [1.82, 2.24) is 24.8 Å². The number of hydrogen-bond donors (Lipinski definition) is 1. The number of aryl methyl sites for hydroxylation is 1. The number of methoxy groups -OCH3 is 1. The maximum absolute atomic E-state index is 11.6. The smallest absolute Gasteiger partial charge is 0.305 e. The van der Waals surface area contributed by atoms with E-state index in [2.05, 4.69) is 43.8 Å². The van der Waals surface area contributed by atoms with E-state index in [0.717, 1.165) is 22.8 Å². The first-order chi connectivity index (χ1) is 15.1. The lowest BCUT2D eigenvalue weighted by atomic mass is 10.0. The summed E-state index contributed by atoms with van der Waals surface area (Å²) in [7, 11) is 1.41. The maximum Gasteiger partial charge on any atom is 0.305 e. The molecule has 8 heteroatoms. The quantitative estimate of drug-likeness (QED) is 0.450. The van der Waals surface area contributed by atoms with Gasteiger partial charge in [-0.3, -0.25) is 14.8 Å². The van der Waals surface area contributed by atoms with Crippen molar-refractivity contribution in [2.75, 3.05) is 13.7 Å². The van der Waals surface area contributed by atoms with Crippen molar-refractivity contribution < 1.29 is 9.53 Å². The monoisotopic (exact) mass is 435 g/mol. The third-order valence-electron chi connectivity index (χ3n) is 5.52. The van der Waals surface area contributed by atoms with Crippen LogP contribution >= 0.6 is 12.2 Å². The summed E-state index contributed by atoms with van der Waals surface area (Å²) in [4.78, 5) is 22.7. The molecule has 1 aliphatic heterocycles. The van der Waals surface area contributed by atoms with Crippen molar-refractivity contribution in [3.63, 3.8) is 0 Å². The molecule has 0 unspecified atom stereocenters. The third-order valence-corrected chi connectivity index (χ3v) is 5.87. The van der Waals surface area contributed by atoms with E-state index in [-0.39, 0.29) is 18.1 Å². The Morgan fingerprint density at radius 3 is 2.77 bits per heavy atom. The standard InChI is InChI=1S/C23H25N5O2S/c1-16-10-11-19(28(16)17-7-5-12-24-15-17)22-21(18-8-3-4-13-25-18)26-23(31)27(22)14-6-9-20(29)30-2/h3-5,7-8,10-13,15,21-22H,6,9,14H2,1-2H3,(H,26,31)/t21-,22-/m1/s1. The zero-order chi connectivity index (χ0) is 21.8. The lowest BCUT2D eigenvalue weighted by molar-refractivity contribution is -0.140. The largest absolute Gasteiger partial charge is 0.469 e. The van der Waals surface area contributed by atoms with E-state index in [4.69, 9.17) is 17.0 Å². The predicted octanol–water partition coefficient (Wildman–Crippen LogP) is 3.50. The van der Waals surface area contributed by atoms with Crippen LogP contribution in [0, 0.1) is 6.92 Å². The number of rotatable bonds is 7. The van der Waals surface area contributed by atoms with Crippen LogP contribution in [-0.2, 0) is 9.53 Å². The van der Waals surface area contributed by atoms with Gasteiger partial charge in [0.1, 0.15) is 0 Å². The van der Waals surface area contributed by atoms with Crippen molar-refractivity contribution in [1.29, 1.82) is 0 Å². The number of pyridine rings is 2. The Balaban J connectivity index is 1.74. The predicted molar refractivity (Wildman–Crippen MR) is 122 cm³/mol. The number of esters is 1. The Morgan fingerprint density at radius 2 is 2.06 bits per heavy atom. The minimum Gasteiger partial charge on any atom is -0.469 e. The molecular formula is C23H25N5O2S. The summed E-state index contributed by atoms with van der Waals surface area (Å²) in [5.41, 5.74) is 4.11. The number of aromatic nitrogens is 3. The molecule has 3 aromatic heterocycles. The van der Waals surface area contributed by atoms with Gasteiger partial charge in [-0.2, -0.15) is 0 Å². The van der Waals surface area contributed by atoms with Crippen LogP contribution in [0.15, 0.2) is 61.1 Å². The maximum atomic E-state index is 11.6. The molecule has 160 valence electrons. The van der Waals surface area contributed by atoms with Crippen LogP contribution in [0.25, 0.3) is 5.69 Å². The van der Waals surface area contributed by atoms with Crippen molar-refractivity contribution in [2.45, 2.75) is 31.8 Å². The summed E-state index contributed by atoms with van der Waals surface area (Å²) in [6.07, 6.45) is 6.41. The molecule has 4 rings (SSSR count). The fourth-order valence-electron chi connectivity index (χ4n) is 4.09. The van der Waals surface area contributed by atoms with E-state index >= 15 is 0 Å². The van der Waals surface area contributed by atoms with Crippen LogP contribution in [0.4, 0.5) is 0 Å². The number of ether oxygens (including phenoxy) is 1. The zero-order valence-corrected chi connectivity index (χ0v) is 18.4. The average Bonchev–Trinajstić information content (AvgIpc) is 3.34. The second-order valence-electron chi connectivity index (χ2n) is 7.45. The minimum absolute atomic E-state index is 0.0889. The Labute approximate surface area is 187 Å². The van der Waals surface area contributed by atoms with Crippen molar-refractivity contribution in [3.8, 4) is 5.69 Å². The van der Waals surface area contributed by atoms with Crippen molar-refractivity contribution in [3.05, 3.63) is 78.1 Å². The topological polar surface area (TPSA) is 72.3 Å². The highest BCUT2D eigenvalue weighted by Gasteiger charge is 2.41. The van der Waals surface area contributed by atoms with Crippen LogP contribution in [-0.4, -0.2) is 44.2 Å². The molecule has 0 bridgehead atoms. The lowest BCUT2D eigenvalue weighted by Crippen LogP contribution is -2.31. The number of hydrogen-bond acceptors (Lipinski definition) is 5. The first-order valence-corrected chi connectivity index (χ1v) is 10.6. The summed E-state index contributed by atoms with van der Waals surface area (Å²) >= 11 is 5.72. The molecule has 0 amide bonds. The van der Waals surface area contributed by atoms with Crippen LogP contribution in [0.5, 0.6) is 0 Å². The van der Waals surface area contributed by atoms with Gasteiger partial charge >= 0.3 is 5.97 Å². The number of carbonyl (C=O) groups is 1. The molecule has 31 heavy (non-hydrogen) atoms. The van der Waals surface area contributed by atoms with Gasteiger partial charge in [0, 0.05) is 36.7 Å². The molecular weight excluding hydrogens is 410 g/mol. The fourth-order valence-corrected chi connectivity index (χ4v) is 4.42. The Bertz CT molecular complexity index is 1050. The van der Waals surface area contributed by atoms with Crippen LogP contribution in [0.1, 0.15) is 42.0 Å². The number of nitrogens with one attached hydrogen (secondary N) is 1. The van der Waals surface area contributed by atoms with E-state index in [0.29, 0.717) is 24.5 Å². The SMILES string of the molecule is COC(=O)CCCN1C(=S)N[C@H](c2ccccn2)[C@H]1c1ccc(C)n1-c1cccnc1. The van der Waals surface area contributed by atoms with Gasteiger partial charge in [0.05, 0.1) is 36.8 Å². The molecule has 1 fully saturated rings. The number of nitrogens with zero attached hydrogens (tertiary/aromatic N) is 4. The van der Waals surface area contributed by atoms with Gasteiger partial charge in [-0.05, 0) is 62.0 Å². The molecule has 0 aromatic carbocycles. The summed E-state index contributed by atoms with van der Waals surface area (Å²) in [5.74, 6) is -0.217. The minimum atomic E-state index is -0.217. The Hall–Kier alpha value is -3.26. The molecule has 2 atom stereocenters. The average molecular weight is 436 g/mol. The van der Waals surface area contributed by atoms with E-state index in [1.54, 1.807) is 12.4 Å². The summed E-state index contributed by atoms with van der Waals surface area (Å²) in [5, 5.41) is 4.11. The molecule has 1 aliphatic rings. The van der Waals surface area contributed by atoms with Gasteiger partial charge in [0.15, 0.2) is 5.11 Å². The molecule has 0 saturated carbocycles. The van der Waals surface area contributed by atoms with Gasteiger partial charge in [-0.25, -0.2) is 0 Å². The third kappa shape index (κ3) is 4.29. The summed E-state index contributed by atoms with van der Waals surface area (Å²) in [6, 6.07) is 13.9. The highest BCUT2D eigenvalue weighted by molar-refractivity contribution is 7.80. The molecule has 0 spiro atoms. The second-order valence-corrected chi connectivity index (χ2v) is 7.83. The van der Waals surface area contributed by atoms with Crippen molar-refractivity contribution >= 4 is 23.3 Å². The molecule has 3 aromatic rings. The van der Waals surface area contributed by atoms with Gasteiger partial charge < -0.3 is 19.5 Å². The highest BCUT2D eigenvalue weighted by atomic mass is 32.1. The molecule has 7 nitrogen and oxygen atoms in total. The van der Waals surface area contributed by atoms with E-state index in [1.807, 2.05) is 36.5 Å². The van der Waals surface area contributed by atoms with Gasteiger partial charge in [0.2, 0.25) is 0 Å². The van der Waals surface area contributed by atoms with Crippen LogP contribution < -0.4 is 5.32 Å². The second kappa shape index (κ2) is 9.26. The normalized spacial score (nSPS) is 18.1. The fraction of sp³-hybridized carbons (Fsp3) is 0.304. The van der Waals surface area contributed by atoms with Gasteiger partial charge in [-0.15, -0.1) is 0 Å². The zero-order valence-electron chi connectivity index (χ0n) is 17.6. The first kappa shape index (κ1) is 21.0. The highest BCUT2D eigenvalue weighted by Crippen LogP contribution is 2.40. The molecule has 1 N–H and O–H groups in total. The van der Waals surface area contributed by atoms with Gasteiger partial charge in [0.25, 0.3) is 0 Å². The van der Waals surface area contributed by atoms with Crippen LogP contribution in [0.3, 0.4) is 0 Å². The van der Waals surface area contributed by atoms with Crippen molar-refractivity contribution in [2.24, 2.45) is 0 Å². The number of thiocarbonyl (C=S) groups is 1. The Morgan fingerprint density at radius 1 is 1.19 bits per heavy atom. The van der Waals surface area contributed by atoms with E-state index in [1.165, 1.54) is 7.11 Å². The summed E-state index contributed by atoms with van der Waals surface area (Å²) < 4.78 is 7.00. The molecule has 4 heterocycles. The molecule has 0 radical (unpaired) electrons. The molecule has 1 saturated heterocycles. The van der Waals surface area contributed by atoms with Crippen LogP contribution in [0.2, 0.25) is 0 Å². The first-order valence-electron chi connectivity index (χ1n) is 10.2. The number of carbonyl (C=O) groups excluding carboxylic acids is 1. The molecule has 0 aliphatic carbocycles. The lowest BCUT2D eigenvalue weighted by Gasteiger charge is -2.29. The van der Waals surface area contributed by atoms with Gasteiger partial charge in [-0.1, -0.05) is 6.07 Å².